The van der Waals surface area contributed by atoms with Crippen molar-refractivity contribution in [2.24, 2.45) is 0 Å². The van der Waals surface area contributed by atoms with Crippen molar-refractivity contribution in [2.75, 3.05) is 13.2 Å². The van der Waals surface area contributed by atoms with Crippen LogP contribution >= 0.6 is 7.82 Å². The minimum absolute atomic E-state index is 0.0934. The maximum Gasteiger partial charge on any atom is 0.472 e. The van der Waals surface area contributed by atoms with Crippen LogP contribution in [-0.2, 0) is 32.7 Å². The van der Waals surface area contributed by atoms with E-state index in [4.69, 9.17) is 18.5 Å². The van der Waals surface area contributed by atoms with Gasteiger partial charge in [0.2, 0.25) is 0 Å². The Bertz CT molecular complexity index is 1270. The first-order valence-electron chi connectivity index (χ1n) is 27.1. The summed E-state index contributed by atoms with van der Waals surface area (Å²) in [6, 6.07) is 0. The highest BCUT2D eigenvalue weighted by Gasteiger charge is 2.51. The molecule has 1 aliphatic rings. The summed E-state index contributed by atoms with van der Waals surface area (Å²) in [4.78, 5) is 35.8. The van der Waals surface area contributed by atoms with Crippen LogP contribution in [0.4, 0.5) is 0 Å². The first-order chi connectivity index (χ1) is 32.4. The van der Waals surface area contributed by atoms with Gasteiger partial charge in [0.25, 0.3) is 0 Å². The Hall–Kier alpha value is -1.67. The highest BCUT2D eigenvalue weighted by molar-refractivity contribution is 7.47. The predicted octanol–water partition coefficient (Wildman–Crippen LogP) is 12.0. The van der Waals surface area contributed by atoms with E-state index in [1.54, 1.807) is 0 Å². The molecule has 0 heterocycles. The topological polar surface area (TPSA) is 210 Å². The Morgan fingerprint density at radius 3 is 1.22 bits per heavy atom. The SMILES string of the molecule is CCCCCCCCCCCCCCCC/C=C/CC/C=C/CCCC(=O)OC[C@@H](COP(=O)(O)OC1C(O)C(O)C(O)[C@H](O)C1O)OC(=O)CCCCCCCCCCCCCCCCC. The number of hydrogen-bond donors (Lipinski definition) is 6. The molecule has 0 spiro atoms. The van der Waals surface area contributed by atoms with Gasteiger partial charge in [-0.2, -0.15) is 0 Å². The number of aliphatic hydroxyl groups is 5. The molecular weight excluding hydrogens is 876 g/mol. The average molecular weight is 975 g/mol. The van der Waals surface area contributed by atoms with Gasteiger partial charge in [-0.1, -0.05) is 212 Å². The van der Waals surface area contributed by atoms with Crippen LogP contribution in [0.5, 0.6) is 0 Å². The van der Waals surface area contributed by atoms with Gasteiger partial charge < -0.3 is 39.9 Å². The molecule has 6 N–H and O–H groups in total. The van der Waals surface area contributed by atoms with Crippen LogP contribution in [-0.4, -0.2) is 98.3 Å². The summed E-state index contributed by atoms with van der Waals surface area (Å²) in [5.41, 5.74) is 0. The van der Waals surface area contributed by atoms with Crippen molar-refractivity contribution in [3.05, 3.63) is 24.3 Å². The zero-order valence-corrected chi connectivity index (χ0v) is 43.1. The van der Waals surface area contributed by atoms with Gasteiger partial charge in [0.1, 0.15) is 43.2 Å². The number of aliphatic hydroxyl groups excluding tert-OH is 5. The molecule has 1 rings (SSSR count). The molecule has 1 fully saturated rings. The summed E-state index contributed by atoms with van der Waals surface area (Å²) in [5.74, 6) is -1.14. The lowest BCUT2D eigenvalue weighted by molar-refractivity contribution is -0.220. The first kappa shape index (κ1) is 63.3. The number of hydrogen-bond acceptors (Lipinski definition) is 12. The molecule has 0 saturated heterocycles. The molecule has 6 unspecified atom stereocenters. The summed E-state index contributed by atoms with van der Waals surface area (Å²) in [5, 5.41) is 50.3. The molecular formula is C53H99O13P. The van der Waals surface area contributed by atoms with E-state index in [0.29, 0.717) is 19.3 Å². The van der Waals surface area contributed by atoms with Crippen LogP contribution in [0.1, 0.15) is 245 Å². The van der Waals surface area contributed by atoms with E-state index in [0.717, 1.165) is 44.9 Å². The van der Waals surface area contributed by atoms with Gasteiger partial charge in [0, 0.05) is 12.8 Å². The van der Waals surface area contributed by atoms with E-state index < -0.39 is 75.7 Å². The highest BCUT2D eigenvalue weighted by atomic mass is 31.2. The number of carbonyl (C=O) groups is 2. The molecule has 394 valence electrons. The van der Waals surface area contributed by atoms with Crippen molar-refractivity contribution in [3.63, 3.8) is 0 Å². The molecule has 67 heavy (non-hydrogen) atoms. The maximum atomic E-state index is 12.8. The van der Waals surface area contributed by atoms with E-state index >= 15 is 0 Å². The van der Waals surface area contributed by atoms with Crippen LogP contribution in [0.25, 0.3) is 0 Å². The van der Waals surface area contributed by atoms with Crippen LogP contribution in [0.15, 0.2) is 24.3 Å². The van der Waals surface area contributed by atoms with Crippen LogP contribution < -0.4 is 0 Å². The molecule has 13 nitrogen and oxygen atoms in total. The molecule has 0 aromatic carbocycles. The van der Waals surface area contributed by atoms with Crippen molar-refractivity contribution >= 4 is 19.8 Å². The number of carbonyl (C=O) groups excluding carboxylic acids is 2. The van der Waals surface area contributed by atoms with Gasteiger partial charge in [0.05, 0.1) is 6.61 Å². The Balaban J connectivity index is 2.37. The van der Waals surface area contributed by atoms with E-state index in [9.17, 15) is 44.6 Å². The van der Waals surface area contributed by atoms with Crippen molar-refractivity contribution in [1.82, 2.24) is 0 Å². The predicted molar refractivity (Wildman–Crippen MR) is 267 cm³/mol. The number of allylic oxidation sites excluding steroid dienone is 4. The van der Waals surface area contributed by atoms with Crippen LogP contribution in [0, 0.1) is 0 Å². The van der Waals surface area contributed by atoms with Crippen molar-refractivity contribution < 1.29 is 63.1 Å². The van der Waals surface area contributed by atoms with E-state index in [1.807, 2.05) is 6.08 Å². The molecule has 1 saturated carbocycles. The third-order valence-electron chi connectivity index (χ3n) is 12.8. The standard InChI is InChI=1S/C53H99O13P/c1-3-5-7-9-11-13-15-17-19-20-21-22-23-24-25-26-28-29-31-33-35-37-39-41-46(54)63-43-45(44-64-67(61,62)66-53-51(59)49(57)48(56)50(58)52(53)60)65-47(55)42-40-38-36-34-32-30-27-18-16-14-12-10-8-6-4-2/h26,28,33,35,45,48-53,56-60H,3-25,27,29-32,34,36-44H2,1-2H3,(H,61,62)/b28-26+,35-33+/t45-,48?,49-,50?,51?,52?,53?/m0/s1. The van der Waals surface area contributed by atoms with Gasteiger partial charge in [-0.25, -0.2) is 4.57 Å². The minimum Gasteiger partial charge on any atom is -0.462 e. The molecule has 14 heteroatoms. The molecule has 0 bridgehead atoms. The second-order valence-electron chi connectivity index (χ2n) is 19.1. The monoisotopic (exact) mass is 975 g/mol. The molecule has 8 atom stereocenters. The fourth-order valence-electron chi connectivity index (χ4n) is 8.43. The normalized spacial score (nSPS) is 21.3. The quantitative estimate of drug-likeness (QED) is 0.0145. The van der Waals surface area contributed by atoms with E-state index in [2.05, 4.69) is 32.1 Å². The lowest BCUT2D eigenvalue weighted by atomic mass is 9.85. The number of phosphoric acid groups is 1. The minimum atomic E-state index is -5.13. The molecule has 0 aliphatic heterocycles. The van der Waals surface area contributed by atoms with Gasteiger partial charge >= 0.3 is 19.8 Å². The lowest BCUT2D eigenvalue weighted by Gasteiger charge is -2.41. The van der Waals surface area contributed by atoms with Crippen LogP contribution in [0.2, 0.25) is 0 Å². The van der Waals surface area contributed by atoms with Gasteiger partial charge in [0.15, 0.2) is 6.10 Å². The molecule has 0 radical (unpaired) electrons. The summed E-state index contributed by atoms with van der Waals surface area (Å²) >= 11 is 0. The largest absolute Gasteiger partial charge is 0.472 e. The Kier molecular flexibility index (Phi) is 40.8. The van der Waals surface area contributed by atoms with E-state index in [1.165, 1.54) is 154 Å². The Morgan fingerprint density at radius 1 is 0.448 bits per heavy atom. The molecule has 1 aliphatic carbocycles. The summed E-state index contributed by atoms with van der Waals surface area (Å²) in [6.07, 6.45) is 36.7. The van der Waals surface area contributed by atoms with E-state index in [-0.39, 0.29) is 12.8 Å². The van der Waals surface area contributed by atoms with Crippen LogP contribution in [0.3, 0.4) is 0 Å². The fourth-order valence-corrected chi connectivity index (χ4v) is 9.40. The molecule has 0 aromatic heterocycles. The highest BCUT2D eigenvalue weighted by Crippen LogP contribution is 2.47. The van der Waals surface area contributed by atoms with Crippen molar-refractivity contribution in [2.45, 2.75) is 288 Å². The zero-order chi connectivity index (χ0) is 49.2. The molecule has 0 amide bonds. The van der Waals surface area contributed by atoms with Crippen molar-refractivity contribution in [1.29, 1.82) is 0 Å². The average Bonchev–Trinajstić information content (AvgIpc) is 3.31. The summed E-state index contributed by atoms with van der Waals surface area (Å²) in [7, 11) is -5.13. The number of esters is 2. The summed E-state index contributed by atoms with van der Waals surface area (Å²) < 4.78 is 33.6. The smallest absolute Gasteiger partial charge is 0.462 e. The number of unbranched alkanes of at least 4 members (excludes halogenated alkanes) is 30. The lowest BCUT2D eigenvalue weighted by Crippen LogP contribution is -2.64. The zero-order valence-electron chi connectivity index (χ0n) is 42.2. The maximum absolute atomic E-state index is 12.8. The first-order valence-corrected chi connectivity index (χ1v) is 28.6. The Morgan fingerprint density at radius 2 is 0.791 bits per heavy atom. The third-order valence-corrected chi connectivity index (χ3v) is 13.8. The number of phosphoric ester groups is 1. The van der Waals surface area contributed by atoms with Gasteiger partial charge in [-0.3, -0.25) is 18.6 Å². The van der Waals surface area contributed by atoms with Crippen molar-refractivity contribution in [3.8, 4) is 0 Å². The number of rotatable bonds is 46. The number of ether oxygens (including phenoxy) is 2. The molecule has 0 aromatic rings. The van der Waals surface area contributed by atoms with Gasteiger partial charge in [-0.15, -0.1) is 0 Å². The second kappa shape index (κ2) is 43.1. The summed E-state index contributed by atoms with van der Waals surface area (Å²) in [6.45, 7) is 3.31. The Labute approximate surface area is 406 Å². The van der Waals surface area contributed by atoms with Gasteiger partial charge in [-0.05, 0) is 44.9 Å². The fraction of sp³-hybridized carbons (Fsp3) is 0.887. The second-order valence-corrected chi connectivity index (χ2v) is 20.5. The third kappa shape index (κ3) is 35.1.